The molecule has 394 valence electrons. The molecule has 0 unspecified atom stereocenters. The second kappa shape index (κ2) is 24.3. The van der Waals surface area contributed by atoms with Gasteiger partial charge in [-0.15, -0.1) is 0 Å². The smallest absolute Gasteiger partial charge is 0.321 e. The molecule has 2 aromatic heterocycles. The van der Waals surface area contributed by atoms with E-state index in [1.54, 1.807) is 6.20 Å². The maximum Gasteiger partial charge on any atom is 0.321 e. The number of hydrogen-bond acceptors (Lipinski definition) is 9. The number of carbonyl (C=O) groups excluding carboxylic acids is 4. The van der Waals surface area contributed by atoms with Gasteiger partial charge in [-0.1, -0.05) is 0 Å². The van der Waals surface area contributed by atoms with Crippen LogP contribution in [0.15, 0.2) is 85.2 Å². The van der Waals surface area contributed by atoms with Crippen molar-refractivity contribution >= 4 is 73.7 Å². The van der Waals surface area contributed by atoms with Crippen LogP contribution in [-0.4, -0.2) is 101 Å². The zero-order valence-electron chi connectivity index (χ0n) is 39.3. The average molecular weight is 1150 g/mol. The Morgan fingerprint density at radius 2 is 1.21 bits per heavy atom. The standard InChI is InChI=1S/C23H21F5N4O3.C14H15F3N2O3.C9H7F2IN2.CH5N/c1-23(27,28)22(34)30-17-9-20(33)32(21(17)15-8-14(35-2)4-5-16(15)24)13-3-6-18-12(7-13)10-29-31(18)11-19(25)26;1-14(16,17)13(21)18-10-6-11(20)19-12(10)8-5-7(22-2)3-4-9(8)15;10-9(11)5-14-8-2-1-7(12)3-6(8)4-13-14;1-2/h3-8,10,17,19,21H,9,11H2,1-2H3,(H,30,34);3-5,10,12H,6H2,1-2H3,(H,18,21)(H,19,20);1-4,9H,5H2;2H2,1H3/t17-,21+;10-,12+;;/m00../s1. The van der Waals surface area contributed by atoms with Gasteiger partial charge in [0.05, 0.1) is 61.8 Å². The first-order valence-corrected chi connectivity index (χ1v) is 22.8. The highest BCUT2D eigenvalue weighted by Gasteiger charge is 2.46. The number of amides is 4. The van der Waals surface area contributed by atoms with Crippen molar-refractivity contribution < 1.29 is 72.6 Å². The number of hydrogen-bond donors (Lipinski definition) is 4. The molecule has 0 aliphatic carbocycles. The monoisotopic (exact) mass is 1150 g/mol. The van der Waals surface area contributed by atoms with Crippen LogP contribution in [0.4, 0.5) is 49.6 Å². The fourth-order valence-corrected chi connectivity index (χ4v) is 8.31. The molecule has 6 aromatic rings. The Kier molecular flexibility index (Phi) is 19.1. The summed E-state index contributed by atoms with van der Waals surface area (Å²) in [5.74, 6) is -12.2. The van der Waals surface area contributed by atoms with E-state index in [9.17, 15) is 63.1 Å². The zero-order chi connectivity index (χ0) is 54.1. The first-order chi connectivity index (χ1) is 34.4. The lowest BCUT2D eigenvalue weighted by molar-refractivity contribution is -0.144. The number of nitrogens with zero attached hydrogens (tertiary/aromatic N) is 5. The van der Waals surface area contributed by atoms with Crippen LogP contribution in [0.1, 0.15) is 49.9 Å². The summed E-state index contributed by atoms with van der Waals surface area (Å²) in [6.07, 6.45) is -2.61. The number of rotatable bonds is 13. The van der Waals surface area contributed by atoms with Gasteiger partial charge in [0.2, 0.25) is 11.8 Å². The third kappa shape index (κ3) is 14.3. The molecule has 4 atom stereocenters. The van der Waals surface area contributed by atoms with Crippen LogP contribution < -0.4 is 36.1 Å². The first-order valence-electron chi connectivity index (χ1n) is 21.7. The van der Waals surface area contributed by atoms with E-state index in [-0.39, 0.29) is 42.0 Å². The van der Waals surface area contributed by atoms with Gasteiger partial charge in [0.25, 0.3) is 24.7 Å². The minimum Gasteiger partial charge on any atom is -0.497 e. The second-order valence-corrected chi connectivity index (χ2v) is 17.5. The van der Waals surface area contributed by atoms with Crippen molar-refractivity contribution in [1.29, 1.82) is 0 Å². The molecular weight excluding hydrogens is 1100 g/mol. The molecule has 0 radical (unpaired) electrons. The number of aromatic nitrogens is 4. The number of alkyl halides is 8. The Bertz CT molecular complexity index is 2910. The van der Waals surface area contributed by atoms with Gasteiger partial charge >= 0.3 is 11.8 Å². The predicted octanol–water partition coefficient (Wildman–Crippen LogP) is 8.08. The number of methoxy groups -OCH3 is 2. The topological polar surface area (TPSA) is 188 Å². The Hall–Kier alpha value is -6.71. The highest BCUT2D eigenvalue weighted by molar-refractivity contribution is 14.1. The average Bonchev–Trinajstić information content (AvgIpc) is 4.10. The first kappa shape index (κ1) is 57.2. The number of nitrogens with one attached hydrogen (secondary N) is 3. The van der Waals surface area contributed by atoms with Crippen LogP contribution in [0.5, 0.6) is 11.5 Å². The maximum absolute atomic E-state index is 15.0. The SMILES string of the molecule is CN.COc1ccc(F)c([C@@H]2[C@@H](NC(=O)C(C)(F)F)CC(=O)N2c2ccc3c(cnn3CC(F)F)c2)c1.COc1ccc(F)c([C@H]2NC(=O)C[C@@H]2NC(=O)C(C)(F)F)c1.FC(F)Cn1ncc2cc(I)ccc21. The highest BCUT2D eigenvalue weighted by atomic mass is 127. The van der Waals surface area contributed by atoms with Crippen molar-refractivity contribution in [2.24, 2.45) is 5.73 Å². The van der Waals surface area contributed by atoms with E-state index in [1.165, 1.54) is 79.5 Å². The van der Waals surface area contributed by atoms with Crippen LogP contribution in [0.25, 0.3) is 21.8 Å². The number of carbonyl (C=O) groups is 4. The van der Waals surface area contributed by atoms with Crippen molar-refractivity contribution in [1.82, 2.24) is 35.5 Å². The minimum absolute atomic E-state index is 0.0478. The second-order valence-electron chi connectivity index (χ2n) is 16.3. The Labute approximate surface area is 423 Å². The van der Waals surface area contributed by atoms with Crippen LogP contribution in [-0.2, 0) is 32.3 Å². The normalized spacial score (nSPS) is 17.6. The number of benzene rings is 4. The van der Waals surface area contributed by atoms with Crippen molar-refractivity contribution in [3.05, 3.63) is 112 Å². The Balaban J connectivity index is 0.000000221. The van der Waals surface area contributed by atoms with E-state index in [1.807, 2.05) is 18.2 Å². The van der Waals surface area contributed by atoms with E-state index in [0.29, 0.717) is 30.5 Å². The van der Waals surface area contributed by atoms with Gasteiger partial charge in [0, 0.05) is 57.8 Å². The van der Waals surface area contributed by atoms with Crippen molar-refractivity contribution in [3.8, 4) is 11.5 Å². The summed E-state index contributed by atoms with van der Waals surface area (Å²) in [4.78, 5) is 49.2. The summed E-state index contributed by atoms with van der Waals surface area (Å²) in [5.41, 5.74) is 5.92. The quantitative estimate of drug-likeness (QED) is 0.0655. The van der Waals surface area contributed by atoms with Crippen molar-refractivity contribution in [2.45, 2.75) is 88.6 Å². The van der Waals surface area contributed by atoms with Crippen LogP contribution >= 0.6 is 22.6 Å². The molecule has 2 saturated heterocycles. The molecule has 15 nitrogen and oxygen atoms in total. The van der Waals surface area contributed by atoms with E-state index >= 15 is 0 Å². The summed E-state index contributed by atoms with van der Waals surface area (Å²) in [7, 11) is 4.25. The molecule has 4 heterocycles. The molecule has 4 amide bonds. The van der Waals surface area contributed by atoms with E-state index in [2.05, 4.69) is 54.5 Å². The largest absolute Gasteiger partial charge is 0.497 e. The lowest BCUT2D eigenvalue weighted by Crippen LogP contribution is -2.46. The molecule has 2 fully saturated rings. The fourth-order valence-electron chi connectivity index (χ4n) is 7.79. The van der Waals surface area contributed by atoms with Crippen LogP contribution in [0.3, 0.4) is 0 Å². The lowest BCUT2D eigenvalue weighted by atomic mass is 9.98. The van der Waals surface area contributed by atoms with E-state index < -0.39 is 90.7 Å². The van der Waals surface area contributed by atoms with Gasteiger partial charge in [-0.3, -0.25) is 28.5 Å². The molecule has 0 saturated carbocycles. The summed E-state index contributed by atoms with van der Waals surface area (Å²) in [5, 5.41) is 15.9. The molecule has 5 N–H and O–H groups in total. The maximum atomic E-state index is 15.0. The fraction of sp³-hybridized carbons (Fsp3) is 0.362. The van der Waals surface area contributed by atoms with E-state index in [4.69, 9.17) is 9.47 Å². The molecule has 73 heavy (non-hydrogen) atoms. The van der Waals surface area contributed by atoms with Gasteiger partial charge in [0.15, 0.2) is 0 Å². The molecule has 2 aliphatic heterocycles. The Morgan fingerprint density at radius 1 is 0.726 bits per heavy atom. The molecule has 2 aliphatic rings. The third-order valence-corrected chi connectivity index (χ3v) is 11.7. The minimum atomic E-state index is -3.72. The predicted molar refractivity (Wildman–Crippen MR) is 256 cm³/mol. The van der Waals surface area contributed by atoms with Gasteiger partial charge in [0.1, 0.15) is 36.2 Å². The molecule has 4 aromatic carbocycles. The molecule has 0 bridgehead atoms. The van der Waals surface area contributed by atoms with Gasteiger partial charge in [-0.2, -0.15) is 27.8 Å². The van der Waals surface area contributed by atoms with E-state index in [0.717, 1.165) is 31.3 Å². The number of anilines is 1. The van der Waals surface area contributed by atoms with Gasteiger partial charge in [-0.05, 0) is 102 Å². The lowest BCUT2D eigenvalue weighted by Gasteiger charge is -2.30. The van der Waals surface area contributed by atoms with Gasteiger partial charge in [-0.25, -0.2) is 26.3 Å². The number of fused-ring (bicyclic) bond motifs is 2. The Morgan fingerprint density at radius 3 is 1.71 bits per heavy atom. The van der Waals surface area contributed by atoms with Crippen LogP contribution in [0.2, 0.25) is 0 Å². The molecule has 8 rings (SSSR count). The molecular formula is C47H48F10IN9O6. The van der Waals surface area contributed by atoms with Crippen molar-refractivity contribution in [2.75, 3.05) is 26.2 Å². The van der Waals surface area contributed by atoms with Crippen LogP contribution in [0, 0.1) is 15.2 Å². The summed E-state index contributed by atoms with van der Waals surface area (Å²) in [6, 6.07) is 13.5. The molecule has 0 spiro atoms. The third-order valence-electron chi connectivity index (χ3n) is 11.1. The summed E-state index contributed by atoms with van der Waals surface area (Å²) < 4.78 is 146. The number of nitrogens with two attached hydrogens (primary N) is 1. The number of halogens is 11. The summed E-state index contributed by atoms with van der Waals surface area (Å²) in [6.45, 7) is -0.0940. The summed E-state index contributed by atoms with van der Waals surface area (Å²) >= 11 is 2.18. The molecule has 26 heteroatoms. The highest BCUT2D eigenvalue weighted by Crippen LogP contribution is 2.41. The zero-order valence-corrected chi connectivity index (χ0v) is 41.5. The van der Waals surface area contributed by atoms with Gasteiger partial charge < -0.3 is 36.1 Å². The van der Waals surface area contributed by atoms with Crippen molar-refractivity contribution in [3.63, 3.8) is 0 Å². The number of ether oxygens (including phenoxy) is 2.